The molecule has 0 nitrogen and oxygen atoms in total. The van der Waals surface area contributed by atoms with Crippen LogP contribution >= 0.6 is 0 Å². The summed E-state index contributed by atoms with van der Waals surface area (Å²) in [5.74, 6) is 0.654. The zero-order valence-electron chi connectivity index (χ0n) is 10.4. The highest BCUT2D eigenvalue weighted by Gasteiger charge is 1.97. The fourth-order valence-electron chi connectivity index (χ4n) is 0.970. The number of allylic oxidation sites excluding steroid dienone is 4. The van der Waals surface area contributed by atoms with Crippen molar-refractivity contribution in [2.75, 3.05) is 0 Å². The van der Waals surface area contributed by atoms with Crippen LogP contribution in [0, 0.1) is 5.92 Å². The maximum absolute atomic E-state index is 2.30. The molecule has 0 aliphatic heterocycles. The van der Waals surface area contributed by atoms with Crippen LogP contribution in [-0.4, -0.2) is 0 Å². The van der Waals surface area contributed by atoms with E-state index < -0.39 is 0 Å². The Morgan fingerprint density at radius 1 is 1.21 bits per heavy atom. The van der Waals surface area contributed by atoms with Gasteiger partial charge in [-0.05, 0) is 31.8 Å². The van der Waals surface area contributed by atoms with Gasteiger partial charge in [0.2, 0.25) is 0 Å². The molecule has 0 spiro atoms. The highest BCUT2D eigenvalue weighted by atomic mass is 14.0. The van der Waals surface area contributed by atoms with Gasteiger partial charge in [-0.2, -0.15) is 0 Å². The van der Waals surface area contributed by atoms with Crippen molar-refractivity contribution in [1.82, 2.24) is 0 Å². The number of hydrogen-bond acceptors (Lipinski definition) is 0. The molecular weight excluding hydrogens is 168 g/mol. The van der Waals surface area contributed by atoms with Crippen LogP contribution in [0.2, 0.25) is 0 Å². The van der Waals surface area contributed by atoms with Gasteiger partial charge in [-0.15, -0.1) is 0 Å². The van der Waals surface area contributed by atoms with E-state index in [4.69, 9.17) is 0 Å². The molecule has 0 aromatic carbocycles. The average Bonchev–Trinajstić information content (AvgIpc) is 2.16. The van der Waals surface area contributed by atoms with E-state index in [9.17, 15) is 0 Å². The molecule has 0 rings (SSSR count). The van der Waals surface area contributed by atoms with Crippen LogP contribution in [0.4, 0.5) is 0 Å². The largest absolute Gasteiger partial charge is 0.0842 e. The minimum atomic E-state index is 0. The molecule has 0 amide bonds. The summed E-state index contributed by atoms with van der Waals surface area (Å²) in [5.41, 5.74) is 2.91. The van der Waals surface area contributed by atoms with Crippen molar-refractivity contribution >= 4 is 0 Å². The van der Waals surface area contributed by atoms with Crippen LogP contribution in [0.25, 0.3) is 0 Å². The molecule has 0 saturated heterocycles. The minimum absolute atomic E-state index is 0. The molecular formula is C14H30. The van der Waals surface area contributed by atoms with E-state index in [1.165, 1.54) is 11.1 Å². The van der Waals surface area contributed by atoms with Gasteiger partial charge in [0.1, 0.15) is 0 Å². The second-order valence-electron chi connectivity index (χ2n) is 3.29. The third-order valence-corrected chi connectivity index (χ3v) is 1.97. The first-order valence-corrected chi connectivity index (χ1v) is 5.45. The second-order valence-corrected chi connectivity index (χ2v) is 3.29. The summed E-state index contributed by atoms with van der Waals surface area (Å²) in [6, 6.07) is 0. The second kappa shape index (κ2) is 12.5. The average molecular weight is 198 g/mol. The van der Waals surface area contributed by atoms with Gasteiger partial charge in [0.15, 0.2) is 0 Å². The summed E-state index contributed by atoms with van der Waals surface area (Å²) in [4.78, 5) is 0. The molecule has 0 unspecified atom stereocenters. The third-order valence-electron chi connectivity index (χ3n) is 1.97. The van der Waals surface area contributed by atoms with E-state index in [-0.39, 0.29) is 7.43 Å². The minimum Gasteiger partial charge on any atom is -0.0842 e. The summed E-state index contributed by atoms with van der Waals surface area (Å²) < 4.78 is 0. The Hall–Kier alpha value is -0.520. The van der Waals surface area contributed by atoms with E-state index in [2.05, 4.69) is 46.8 Å². The van der Waals surface area contributed by atoms with Crippen molar-refractivity contribution in [2.45, 2.75) is 62.3 Å². The van der Waals surface area contributed by atoms with E-state index in [0.717, 1.165) is 6.42 Å². The predicted octanol–water partition coefficient (Wildman–Crippen LogP) is 5.61. The lowest BCUT2D eigenvalue weighted by Crippen LogP contribution is -1.90. The molecule has 0 saturated carbocycles. The molecule has 0 aliphatic carbocycles. The topological polar surface area (TPSA) is 0 Å². The maximum Gasteiger partial charge on any atom is -0.0222 e. The monoisotopic (exact) mass is 198 g/mol. The van der Waals surface area contributed by atoms with Crippen LogP contribution in [0.1, 0.15) is 62.3 Å². The quantitative estimate of drug-likeness (QED) is 0.517. The van der Waals surface area contributed by atoms with Gasteiger partial charge in [-0.25, -0.2) is 0 Å². The van der Waals surface area contributed by atoms with Gasteiger partial charge in [-0.1, -0.05) is 59.8 Å². The number of hydrogen-bond donors (Lipinski definition) is 0. The molecule has 0 aromatic heterocycles. The Morgan fingerprint density at radius 3 is 1.86 bits per heavy atom. The van der Waals surface area contributed by atoms with Crippen LogP contribution in [0.3, 0.4) is 0 Å². The van der Waals surface area contributed by atoms with Crippen molar-refractivity contribution < 1.29 is 0 Å². The molecule has 0 heteroatoms. The fraction of sp³-hybridized carbons (Fsp3) is 0.714. The van der Waals surface area contributed by atoms with Gasteiger partial charge < -0.3 is 0 Å². The smallest absolute Gasteiger partial charge is 0.0222 e. The highest BCUT2D eigenvalue weighted by molar-refractivity contribution is 5.23. The van der Waals surface area contributed by atoms with Crippen LogP contribution in [-0.2, 0) is 0 Å². The van der Waals surface area contributed by atoms with Crippen molar-refractivity contribution in [3.63, 3.8) is 0 Å². The lowest BCUT2D eigenvalue weighted by atomic mass is 10.00. The summed E-state index contributed by atoms with van der Waals surface area (Å²) in [5, 5.41) is 0. The molecule has 0 radical (unpaired) electrons. The SMILES string of the molecule is C.C/C=C(\C=C(/C)CC)C(C)C.CC. The maximum atomic E-state index is 2.30. The third kappa shape index (κ3) is 9.57. The first kappa shape index (κ1) is 19.1. The summed E-state index contributed by atoms with van der Waals surface area (Å²) >= 11 is 0. The van der Waals surface area contributed by atoms with E-state index in [1.54, 1.807) is 0 Å². The van der Waals surface area contributed by atoms with Crippen molar-refractivity contribution in [2.24, 2.45) is 5.92 Å². The Bertz CT molecular complexity index is 159. The molecule has 0 N–H and O–H groups in total. The van der Waals surface area contributed by atoms with Crippen LogP contribution < -0.4 is 0 Å². The Labute approximate surface area is 92.1 Å². The zero-order chi connectivity index (χ0) is 10.9. The van der Waals surface area contributed by atoms with Crippen molar-refractivity contribution in [3.8, 4) is 0 Å². The van der Waals surface area contributed by atoms with Crippen molar-refractivity contribution in [3.05, 3.63) is 23.3 Å². The lowest BCUT2D eigenvalue weighted by molar-refractivity contribution is 0.786. The van der Waals surface area contributed by atoms with Gasteiger partial charge in [0.25, 0.3) is 0 Å². The Kier molecular flexibility index (Phi) is 17.0. The fourth-order valence-corrected chi connectivity index (χ4v) is 0.970. The van der Waals surface area contributed by atoms with Crippen LogP contribution in [0.15, 0.2) is 23.3 Å². The standard InChI is InChI=1S/C11H20.C2H6.CH4/c1-6-10(5)8-11(7-2)9(3)4;1-2;/h7-9H,6H2,1-5H3;1-2H3;1H4/b10-8+,11-7+;;. The van der Waals surface area contributed by atoms with Gasteiger partial charge in [0.05, 0.1) is 0 Å². The first-order chi connectivity index (χ1) is 6.11. The molecule has 0 atom stereocenters. The van der Waals surface area contributed by atoms with Gasteiger partial charge in [-0.3, -0.25) is 0 Å². The molecule has 0 aliphatic rings. The van der Waals surface area contributed by atoms with E-state index in [1.807, 2.05) is 13.8 Å². The molecule has 0 bridgehead atoms. The zero-order valence-corrected chi connectivity index (χ0v) is 10.4. The predicted molar refractivity (Wildman–Crippen MR) is 70.7 cm³/mol. The molecule has 0 aromatic rings. The molecule has 14 heavy (non-hydrogen) atoms. The van der Waals surface area contributed by atoms with Gasteiger partial charge >= 0.3 is 0 Å². The normalized spacial score (nSPS) is 11.7. The Morgan fingerprint density at radius 2 is 1.64 bits per heavy atom. The summed E-state index contributed by atoms with van der Waals surface area (Å²) in [7, 11) is 0. The van der Waals surface area contributed by atoms with Gasteiger partial charge in [0, 0.05) is 0 Å². The summed E-state index contributed by atoms with van der Waals surface area (Å²) in [6.45, 7) is 14.9. The summed E-state index contributed by atoms with van der Waals surface area (Å²) in [6.07, 6.45) is 5.65. The molecule has 86 valence electrons. The van der Waals surface area contributed by atoms with Crippen LogP contribution in [0.5, 0.6) is 0 Å². The van der Waals surface area contributed by atoms with Crippen molar-refractivity contribution in [1.29, 1.82) is 0 Å². The first-order valence-electron chi connectivity index (χ1n) is 5.45. The van der Waals surface area contributed by atoms with E-state index >= 15 is 0 Å². The van der Waals surface area contributed by atoms with E-state index in [0.29, 0.717) is 5.92 Å². The molecule has 0 fully saturated rings. The Balaban J connectivity index is -0.000000376. The highest BCUT2D eigenvalue weighted by Crippen LogP contribution is 2.14. The lowest BCUT2D eigenvalue weighted by Gasteiger charge is -2.06. The molecule has 0 heterocycles. The number of rotatable bonds is 3.